The average Bonchev–Trinajstić information content (AvgIpc) is 3.06. The van der Waals surface area contributed by atoms with Crippen LogP contribution in [-0.2, 0) is 30.0 Å². The average molecular weight is 699 g/mol. The minimum atomic E-state index is -1.94. The number of rotatable bonds is 22. The van der Waals surface area contributed by atoms with Gasteiger partial charge in [-0.1, -0.05) is 34.1 Å². The van der Waals surface area contributed by atoms with Gasteiger partial charge in [-0.2, -0.15) is 0 Å². The topological polar surface area (TPSA) is 89.9 Å². The summed E-state index contributed by atoms with van der Waals surface area (Å²) in [5.74, 6) is 1.53. The summed E-state index contributed by atoms with van der Waals surface area (Å²) >= 11 is 6.12. The van der Waals surface area contributed by atoms with Crippen LogP contribution in [-0.4, -0.2) is 55.8 Å². The number of unbranched alkanes of at least 4 members (excludes halogenated alkanes) is 1. The molecule has 0 radical (unpaired) electrons. The van der Waals surface area contributed by atoms with Gasteiger partial charge in [-0.15, -0.1) is 18.9 Å². The van der Waals surface area contributed by atoms with Crippen molar-refractivity contribution >= 4 is 46.6 Å². The molecular formula is C32H51N3O6P3S+3. The molecular weight excluding hydrogens is 647 g/mol. The Kier molecular flexibility index (Phi) is 17.0. The number of hydrogen-bond acceptors (Lipinski definition) is 9. The van der Waals surface area contributed by atoms with Gasteiger partial charge in [-0.05, 0) is 95.8 Å². The van der Waals surface area contributed by atoms with E-state index < -0.39 is 28.2 Å². The van der Waals surface area contributed by atoms with Crippen LogP contribution in [0.3, 0.4) is 0 Å². The molecule has 5 unspecified atom stereocenters. The first kappa shape index (κ1) is 39.1. The fourth-order valence-corrected chi connectivity index (χ4v) is 8.64. The lowest BCUT2D eigenvalue weighted by molar-refractivity contribution is 0.0724. The van der Waals surface area contributed by atoms with Gasteiger partial charge < -0.3 is 9.47 Å². The Bertz CT molecular complexity index is 1250. The van der Waals surface area contributed by atoms with E-state index in [0.29, 0.717) is 12.2 Å². The number of hydrogen-bond donors (Lipinski definition) is 0. The van der Waals surface area contributed by atoms with Gasteiger partial charge in [-0.3, -0.25) is 4.90 Å². The highest BCUT2D eigenvalue weighted by atomic mass is 32.4. The van der Waals surface area contributed by atoms with Crippen molar-refractivity contribution in [2.45, 2.75) is 90.5 Å². The van der Waals surface area contributed by atoms with E-state index >= 15 is 0 Å². The minimum absolute atomic E-state index is 0.0955. The number of benzene rings is 2. The van der Waals surface area contributed by atoms with E-state index in [4.69, 9.17) is 35.4 Å². The van der Waals surface area contributed by atoms with Crippen LogP contribution in [0.25, 0.3) is 0 Å². The SMILES string of the molecule is CCCCC(C)(CC)Oc1ccc(C=NN(C)[P+](=S)C(CC)(CCC)Oc2ccc(N(C[P+](=O)OC)C[P+](=O)OC)cc2)cc1. The lowest BCUT2D eigenvalue weighted by Gasteiger charge is -2.29. The van der Waals surface area contributed by atoms with Crippen molar-refractivity contribution in [3.05, 3.63) is 54.1 Å². The molecule has 0 bridgehead atoms. The summed E-state index contributed by atoms with van der Waals surface area (Å²) in [7, 11) is 0.809. The summed E-state index contributed by atoms with van der Waals surface area (Å²) in [5.41, 5.74) is 1.53. The highest BCUT2D eigenvalue weighted by Gasteiger charge is 2.49. The number of nitrogens with zero attached hydrogens (tertiary/aromatic N) is 3. The molecule has 0 aliphatic rings. The van der Waals surface area contributed by atoms with Crippen LogP contribution in [0.4, 0.5) is 5.69 Å². The molecule has 2 rings (SSSR count). The maximum atomic E-state index is 12.1. The zero-order chi connectivity index (χ0) is 33.5. The van der Waals surface area contributed by atoms with Crippen LogP contribution in [0.2, 0.25) is 0 Å². The van der Waals surface area contributed by atoms with E-state index in [9.17, 15) is 9.13 Å². The molecule has 0 saturated heterocycles. The molecule has 0 spiro atoms. The molecule has 13 heteroatoms. The number of hydrazone groups is 1. The van der Waals surface area contributed by atoms with Crippen LogP contribution in [0.15, 0.2) is 53.6 Å². The Hall–Kier alpha value is -2.05. The predicted molar refractivity (Wildman–Crippen MR) is 191 cm³/mol. The monoisotopic (exact) mass is 698 g/mol. The van der Waals surface area contributed by atoms with Crippen LogP contribution >= 0.6 is 22.9 Å². The first-order valence-electron chi connectivity index (χ1n) is 15.5. The summed E-state index contributed by atoms with van der Waals surface area (Å²) in [6.45, 7) is 9.53. The standard InChI is InChI=1S/C32H51N3O6P3S/c1-9-13-23-31(5,11-3)40-29-18-14-27(15-19-29)24-33-34(6)44(45)32(12-4,22-10-2)41-30-20-16-28(17-21-30)35(25-42(36)38-7)26-43(37)39-8/h14-21,24H,9-13,22-23,25-26H2,1-8H3/q+3. The molecule has 9 nitrogen and oxygen atoms in total. The molecule has 0 heterocycles. The van der Waals surface area contributed by atoms with Crippen LogP contribution in [0.5, 0.6) is 11.5 Å². The van der Waals surface area contributed by atoms with Gasteiger partial charge in [0.2, 0.25) is 0 Å². The molecule has 0 aliphatic carbocycles. The largest absolute Gasteiger partial charge is 0.529 e. The van der Waals surface area contributed by atoms with Gasteiger partial charge in [0.05, 0.1) is 27.5 Å². The van der Waals surface area contributed by atoms with Gasteiger partial charge in [-0.25, -0.2) is 0 Å². The summed E-state index contributed by atoms with van der Waals surface area (Å²) < 4.78 is 49.0. The Morgan fingerprint density at radius 1 is 0.822 bits per heavy atom. The zero-order valence-electron chi connectivity index (χ0n) is 28.1. The van der Waals surface area contributed by atoms with Crippen molar-refractivity contribution < 1.29 is 27.7 Å². The smallest absolute Gasteiger partial charge is 0.488 e. The maximum Gasteiger partial charge on any atom is 0.529 e. The zero-order valence-corrected chi connectivity index (χ0v) is 31.6. The molecule has 0 amide bonds. The van der Waals surface area contributed by atoms with E-state index in [-0.39, 0.29) is 18.2 Å². The van der Waals surface area contributed by atoms with Crippen LogP contribution in [0.1, 0.15) is 85.1 Å². The number of anilines is 1. The molecule has 5 atom stereocenters. The minimum Gasteiger partial charge on any atom is -0.488 e. The molecule has 0 aromatic heterocycles. The number of ether oxygens (including phenoxy) is 2. The Morgan fingerprint density at radius 3 is 1.87 bits per heavy atom. The van der Waals surface area contributed by atoms with E-state index in [1.165, 1.54) is 14.2 Å². The fourth-order valence-electron chi connectivity index (χ4n) is 4.73. The third kappa shape index (κ3) is 12.2. The first-order valence-corrected chi connectivity index (χ1v) is 20.6. The van der Waals surface area contributed by atoms with Crippen molar-refractivity contribution in [2.24, 2.45) is 5.10 Å². The van der Waals surface area contributed by atoms with Crippen molar-refractivity contribution in [1.82, 2.24) is 4.78 Å². The maximum absolute atomic E-state index is 12.1. The van der Waals surface area contributed by atoms with E-state index in [2.05, 4.69) is 34.6 Å². The van der Waals surface area contributed by atoms with E-state index in [0.717, 1.165) is 55.5 Å². The molecule has 0 fully saturated rings. The summed E-state index contributed by atoms with van der Waals surface area (Å²) in [5, 5.41) is 4.12. The molecule has 45 heavy (non-hydrogen) atoms. The highest BCUT2D eigenvalue weighted by molar-refractivity contribution is 8.04. The lowest BCUT2D eigenvalue weighted by Crippen LogP contribution is -2.34. The van der Waals surface area contributed by atoms with Crippen molar-refractivity contribution in [1.29, 1.82) is 0 Å². The molecule has 2 aromatic carbocycles. The Labute approximate surface area is 278 Å². The molecule has 0 aliphatic heterocycles. The molecule has 0 N–H and O–H groups in total. The highest BCUT2D eigenvalue weighted by Crippen LogP contribution is 2.49. The van der Waals surface area contributed by atoms with Crippen LogP contribution < -0.4 is 14.4 Å². The van der Waals surface area contributed by atoms with Crippen molar-refractivity contribution in [2.75, 3.05) is 38.7 Å². The van der Waals surface area contributed by atoms with Gasteiger partial charge in [0, 0.05) is 18.5 Å². The Balaban J connectivity index is 2.19. The van der Waals surface area contributed by atoms with Crippen molar-refractivity contribution in [3.8, 4) is 11.5 Å². The summed E-state index contributed by atoms with van der Waals surface area (Å²) in [4.78, 5) is 1.73. The van der Waals surface area contributed by atoms with E-state index in [1.807, 2.05) is 66.6 Å². The Morgan fingerprint density at radius 2 is 1.38 bits per heavy atom. The third-order valence-electron chi connectivity index (χ3n) is 7.72. The first-order chi connectivity index (χ1) is 21.5. The van der Waals surface area contributed by atoms with Gasteiger partial charge in [0.15, 0.2) is 11.8 Å². The van der Waals surface area contributed by atoms with Crippen LogP contribution in [0, 0.1) is 0 Å². The quantitative estimate of drug-likeness (QED) is 0.0677. The van der Waals surface area contributed by atoms with Gasteiger partial charge in [0.25, 0.3) is 17.9 Å². The van der Waals surface area contributed by atoms with Gasteiger partial charge in [0.1, 0.15) is 17.1 Å². The third-order valence-corrected chi connectivity index (χ3v) is 13.3. The summed E-state index contributed by atoms with van der Waals surface area (Å²) in [6.07, 6.45) is 8.70. The molecule has 248 valence electrons. The molecule has 0 saturated carbocycles. The second-order valence-electron chi connectivity index (χ2n) is 11.1. The normalized spacial score (nSPS) is 15.2. The second kappa shape index (κ2) is 19.6. The van der Waals surface area contributed by atoms with Crippen molar-refractivity contribution in [3.63, 3.8) is 0 Å². The lowest BCUT2D eigenvalue weighted by atomic mass is 9.96. The second-order valence-corrected chi connectivity index (χ2v) is 16.7. The van der Waals surface area contributed by atoms with E-state index in [1.54, 1.807) is 4.90 Å². The van der Waals surface area contributed by atoms with Gasteiger partial charge >= 0.3 is 22.9 Å². The summed E-state index contributed by atoms with van der Waals surface area (Å²) in [6, 6.07) is 15.5. The predicted octanol–water partition coefficient (Wildman–Crippen LogP) is 10.0. The fraction of sp³-hybridized carbons (Fsp3) is 0.594. The molecule has 2 aromatic rings.